The number of benzene rings is 2. The Morgan fingerprint density at radius 2 is 1.54 bits per heavy atom. The zero-order valence-electron chi connectivity index (χ0n) is 13.4. The Morgan fingerprint density at radius 3 is 2.04 bits per heavy atom. The van der Waals surface area contributed by atoms with Crippen LogP contribution in [0.3, 0.4) is 0 Å². The molecule has 2 aromatic carbocycles. The topological polar surface area (TPSA) is 70.5 Å². The van der Waals surface area contributed by atoms with E-state index < -0.39 is 17.9 Å². The smallest absolute Gasteiger partial charge is 0.131 e. The van der Waals surface area contributed by atoms with Gasteiger partial charge in [-0.3, -0.25) is 0 Å². The summed E-state index contributed by atoms with van der Waals surface area (Å²) in [5.74, 6) is 0.515. The lowest BCUT2D eigenvalue weighted by molar-refractivity contribution is 0.409. The summed E-state index contributed by atoms with van der Waals surface area (Å²) in [5.41, 5.74) is 13.2. The van der Waals surface area contributed by atoms with E-state index in [1.165, 1.54) is 20.3 Å². The van der Waals surface area contributed by atoms with Gasteiger partial charge in [0, 0.05) is 29.3 Å². The van der Waals surface area contributed by atoms with Crippen LogP contribution in [-0.4, -0.2) is 14.2 Å². The Labute approximate surface area is 150 Å². The molecule has 2 atom stereocenters. The molecule has 0 spiro atoms. The summed E-state index contributed by atoms with van der Waals surface area (Å²) in [7, 11) is 2.99. The molecule has 2 unspecified atom stereocenters. The van der Waals surface area contributed by atoms with Crippen molar-refractivity contribution in [2.45, 2.75) is 18.5 Å². The number of hydrogen-bond acceptors (Lipinski definition) is 4. The Bertz CT molecular complexity index is 705. The van der Waals surface area contributed by atoms with E-state index in [4.69, 9.17) is 44.1 Å². The molecule has 0 fully saturated rings. The summed E-state index contributed by atoms with van der Waals surface area (Å²) in [4.78, 5) is 0. The molecule has 0 aliphatic heterocycles. The zero-order chi connectivity index (χ0) is 17.9. The molecule has 0 aliphatic rings. The predicted molar refractivity (Wildman–Crippen MR) is 94.4 cm³/mol. The second-order valence-electron chi connectivity index (χ2n) is 5.34. The molecule has 0 saturated heterocycles. The highest BCUT2D eigenvalue weighted by Crippen LogP contribution is 2.37. The molecule has 0 aliphatic carbocycles. The predicted octanol–water partition coefficient (Wildman–Crippen LogP) is 4.24. The van der Waals surface area contributed by atoms with Crippen molar-refractivity contribution in [3.05, 3.63) is 57.3 Å². The van der Waals surface area contributed by atoms with E-state index in [-0.39, 0.29) is 6.42 Å². The summed E-state index contributed by atoms with van der Waals surface area (Å²) >= 11 is 12.5. The molecule has 0 heterocycles. The Morgan fingerprint density at radius 1 is 0.958 bits per heavy atom. The first-order valence-corrected chi connectivity index (χ1v) is 8.00. The third-order valence-corrected chi connectivity index (χ3v) is 4.40. The molecular formula is C17H19Cl2FN2O2. The summed E-state index contributed by atoms with van der Waals surface area (Å²) in [6.45, 7) is 0. The average Bonchev–Trinajstić information content (AvgIpc) is 2.53. The van der Waals surface area contributed by atoms with Crippen molar-refractivity contribution in [1.82, 2.24) is 0 Å². The van der Waals surface area contributed by atoms with Crippen LogP contribution in [0.2, 0.25) is 10.0 Å². The number of rotatable bonds is 6. The maximum Gasteiger partial charge on any atom is 0.131 e. The highest BCUT2D eigenvalue weighted by Gasteiger charge is 2.21. The van der Waals surface area contributed by atoms with Crippen LogP contribution < -0.4 is 20.9 Å². The van der Waals surface area contributed by atoms with Crippen LogP contribution >= 0.6 is 23.2 Å². The summed E-state index contributed by atoms with van der Waals surface area (Å²) in [5, 5.41) is 0.767. The van der Waals surface area contributed by atoms with Gasteiger partial charge in [-0.05, 0) is 24.6 Å². The van der Waals surface area contributed by atoms with Gasteiger partial charge < -0.3 is 20.9 Å². The van der Waals surface area contributed by atoms with Gasteiger partial charge in [-0.2, -0.15) is 0 Å². The highest BCUT2D eigenvalue weighted by atomic mass is 35.5. The molecule has 24 heavy (non-hydrogen) atoms. The maximum absolute atomic E-state index is 14.1. The lowest BCUT2D eigenvalue weighted by atomic mass is 9.95. The molecule has 0 saturated carbocycles. The van der Waals surface area contributed by atoms with Crippen LogP contribution in [0.1, 0.15) is 29.6 Å². The van der Waals surface area contributed by atoms with Crippen molar-refractivity contribution in [3.8, 4) is 11.5 Å². The van der Waals surface area contributed by atoms with Gasteiger partial charge in [0.2, 0.25) is 0 Å². The van der Waals surface area contributed by atoms with Gasteiger partial charge in [0.1, 0.15) is 17.3 Å². The minimum Gasteiger partial charge on any atom is -0.497 e. The number of nitrogens with two attached hydrogens (primary N) is 2. The first-order valence-electron chi connectivity index (χ1n) is 7.24. The second kappa shape index (κ2) is 8.03. The summed E-state index contributed by atoms with van der Waals surface area (Å²) in [6.07, 6.45) is 0.273. The van der Waals surface area contributed by atoms with Crippen molar-refractivity contribution in [2.24, 2.45) is 11.5 Å². The molecule has 4 N–H and O–H groups in total. The molecule has 130 valence electrons. The SMILES string of the molecule is COc1ccc(C(N)CC(N)c2c(Cl)cc(OC)cc2Cl)c(F)c1. The van der Waals surface area contributed by atoms with Crippen LogP contribution in [-0.2, 0) is 0 Å². The normalized spacial score (nSPS) is 13.5. The van der Waals surface area contributed by atoms with Gasteiger partial charge in [0.15, 0.2) is 0 Å². The van der Waals surface area contributed by atoms with E-state index in [1.807, 2.05) is 0 Å². The highest BCUT2D eigenvalue weighted by molar-refractivity contribution is 6.36. The standard InChI is InChI=1S/C17H19Cl2FN2O2/c1-23-9-3-4-11(14(20)7-9)15(21)8-16(22)17-12(18)5-10(24-2)6-13(17)19/h3-7,15-16H,8,21-22H2,1-2H3. The van der Waals surface area contributed by atoms with Gasteiger partial charge >= 0.3 is 0 Å². The Balaban J connectivity index is 2.22. The molecule has 0 amide bonds. The number of halogens is 3. The van der Waals surface area contributed by atoms with Crippen molar-refractivity contribution in [1.29, 1.82) is 0 Å². The van der Waals surface area contributed by atoms with Crippen LogP contribution in [0, 0.1) is 5.82 Å². The zero-order valence-corrected chi connectivity index (χ0v) is 14.9. The minimum absolute atomic E-state index is 0.273. The first-order chi connectivity index (χ1) is 11.4. The lowest BCUT2D eigenvalue weighted by Gasteiger charge is -2.21. The minimum atomic E-state index is -0.611. The quantitative estimate of drug-likeness (QED) is 0.795. The molecular weight excluding hydrogens is 354 g/mol. The summed E-state index contributed by atoms with van der Waals surface area (Å²) in [6, 6.07) is 6.62. The third-order valence-electron chi connectivity index (χ3n) is 3.77. The van der Waals surface area contributed by atoms with Crippen molar-refractivity contribution < 1.29 is 13.9 Å². The molecule has 2 rings (SSSR count). The first kappa shape index (κ1) is 18.8. The van der Waals surface area contributed by atoms with Crippen LogP contribution in [0.5, 0.6) is 11.5 Å². The second-order valence-corrected chi connectivity index (χ2v) is 6.16. The largest absolute Gasteiger partial charge is 0.497 e. The van der Waals surface area contributed by atoms with E-state index in [0.717, 1.165) is 0 Å². The van der Waals surface area contributed by atoms with Crippen molar-refractivity contribution in [2.75, 3.05) is 14.2 Å². The molecule has 0 aromatic heterocycles. The fourth-order valence-electron chi connectivity index (χ4n) is 2.49. The molecule has 2 aromatic rings. The van der Waals surface area contributed by atoms with Crippen molar-refractivity contribution >= 4 is 23.2 Å². The van der Waals surface area contributed by atoms with Crippen LogP contribution in [0.15, 0.2) is 30.3 Å². The van der Waals surface area contributed by atoms with Gasteiger partial charge in [-0.1, -0.05) is 29.3 Å². The van der Waals surface area contributed by atoms with Gasteiger partial charge in [-0.25, -0.2) is 4.39 Å². The van der Waals surface area contributed by atoms with Crippen molar-refractivity contribution in [3.63, 3.8) is 0 Å². The fourth-order valence-corrected chi connectivity index (χ4v) is 3.23. The fraction of sp³-hybridized carbons (Fsp3) is 0.294. The van der Waals surface area contributed by atoms with E-state index in [0.29, 0.717) is 32.7 Å². The van der Waals surface area contributed by atoms with Crippen LogP contribution in [0.4, 0.5) is 4.39 Å². The van der Waals surface area contributed by atoms with Gasteiger partial charge in [0.25, 0.3) is 0 Å². The van der Waals surface area contributed by atoms with Gasteiger partial charge in [0.05, 0.1) is 24.3 Å². The van der Waals surface area contributed by atoms with E-state index in [9.17, 15) is 4.39 Å². The van der Waals surface area contributed by atoms with Gasteiger partial charge in [-0.15, -0.1) is 0 Å². The lowest BCUT2D eigenvalue weighted by Crippen LogP contribution is -2.21. The molecule has 0 radical (unpaired) electrons. The molecule has 7 heteroatoms. The average molecular weight is 373 g/mol. The van der Waals surface area contributed by atoms with Crippen LogP contribution in [0.25, 0.3) is 0 Å². The monoisotopic (exact) mass is 372 g/mol. The molecule has 4 nitrogen and oxygen atoms in total. The Kier molecular flexibility index (Phi) is 6.29. The third kappa shape index (κ3) is 4.11. The Hall–Kier alpha value is -1.53. The number of methoxy groups -OCH3 is 2. The van der Waals surface area contributed by atoms with E-state index >= 15 is 0 Å². The number of ether oxygens (including phenoxy) is 2. The molecule has 0 bridgehead atoms. The van der Waals surface area contributed by atoms with E-state index in [2.05, 4.69) is 0 Å². The number of hydrogen-bond donors (Lipinski definition) is 2. The maximum atomic E-state index is 14.1. The summed E-state index contributed by atoms with van der Waals surface area (Å²) < 4.78 is 24.2. The van der Waals surface area contributed by atoms with E-state index in [1.54, 1.807) is 24.3 Å².